The van der Waals surface area contributed by atoms with E-state index in [0.717, 1.165) is 37.4 Å². The van der Waals surface area contributed by atoms with Crippen LogP contribution in [0, 0.1) is 6.92 Å². The molecule has 1 amide bonds. The smallest absolute Gasteiger partial charge is 0.256 e. The Balaban J connectivity index is 1.42. The molecule has 7 N–H and O–H groups in total. The second-order valence-electron chi connectivity index (χ2n) is 12.0. The number of hydrogen-bond acceptors (Lipinski definition) is 9. The number of carbonyl (C=O) groups is 1. The summed E-state index contributed by atoms with van der Waals surface area (Å²) in [6.45, 7) is 15.6. The van der Waals surface area contributed by atoms with Crippen molar-refractivity contribution in [3.63, 3.8) is 0 Å². The van der Waals surface area contributed by atoms with Gasteiger partial charge in [-0.15, -0.1) is 0 Å². The summed E-state index contributed by atoms with van der Waals surface area (Å²) in [5.41, 5.74) is 16.4. The van der Waals surface area contributed by atoms with Crippen molar-refractivity contribution in [1.82, 2.24) is 25.1 Å². The lowest BCUT2D eigenvalue weighted by atomic mass is 9.92. The zero-order valence-corrected chi connectivity index (χ0v) is 24.9. The van der Waals surface area contributed by atoms with Crippen molar-refractivity contribution in [2.45, 2.75) is 58.4 Å². The van der Waals surface area contributed by atoms with Crippen LogP contribution >= 0.6 is 0 Å². The number of amidine groups is 1. The van der Waals surface area contributed by atoms with E-state index in [4.69, 9.17) is 21.4 Å². The topological polar surface area (TPSA) is 166 Å². The Morgan fingerprint density at radius 3 is 2.74 bits per heavy atom. The molecule has 42 heavy (non-hydrogen) atoms. The van der Waals surface area contributed by atoms with Crippen LogP contribution in [0.1, 0.15) is 67.3 Å². The van der Waals surface area contributed by atoms with Gasteiger partial charge in [-0.1, -0.05) is 39.8 Å². The molecule has 1 atom stereocenters. The van der Waals surface area contributed by atoms with Crippen LogP contribution in [0.2, 0.25) is 0 Å². The number of aromatic nitrogens is 4. The molecule has 1 unspecified atom stereocenters. The number of H-pyrrole nitrogens is 1. The fraction of sp³-hybridized carbons (Fsp3) is 0.433. The third-order valence-electron chi connectivity index (χ3n) is 7.87. The van der Waals surface area contributed by atoms with Crippen molar-refractivity contribution < 1.29 is 4.79 Å². The first-order chi connectivity index (χ1) is 20.0. The van der Waals surface area contributed by atoms with E-state index in [-0.39, 0.29) is 23.0 Å². The van der Waals surface area contributed by atoms with Gasteiger partial charge in [-0.25, -0.2) is 9.98 Å². The Hall–Kier alpha value is -4.45. The number of anilines is 4. The Labute approximate surface area is 246 Å². The first-order valence-electron chi connectivity index (χ1n) is 14.4. The van der Waals surface area contributed by atoms with E-state index in [1.807, 2.05) is 19.1 Å². The molecule has 222 valence electrons. The second-order valence-corrected chi connectivity index (χ2v) is 12.0. The molecule has 0 aliphatic carbocycles. The number of nitrogens with two attached hydrogens (primary N) is 2. The van der Waals surface area contributed by atoms with Crippen LogP contribution in [-0.4, -0.2) is 69.0 Å². The van der Waals surface area contributed by atoms with Crippen molar-refractivity contribution in [2.24, 2.45) is 10.7 Å². The first-order valence-corrected chi connectivity index (χ1v) is 14.4. The molecule has 12 heteroatoms. The molecular formula is C30H41N11O. The van der Waals surface area contributed by atoms with Gasteiger partial charge in [-0.05, 0) is 50.2 Å². The SMILES string of the molecule is C=CNc1c(N)nc(N2CCN3CCCCC3C2)nc1C(N)=Nc1cc(C(=O)Nc2cc(C(C)(C)C)[nH]n2)ccc1C. The number of hydrogen-bond donors (Lipinski definition) is 5. The molecule has 0 radical (unpaired) electrons. The molecule has 2 aliphatic heterocycles. The van der Waals surface area contributed by atoms with Crippen LogP contribution in [0.4, 0.5) is 29.0 Å². The van der Waals surface area contributed by atoms with Crippen molar-refractivity contribution in [3.05, 3.63) is 59.6 Å². The molecule has 2 aromatic heterocycles. The van der Waals surface area contributed by atoms with Crippen molar-refractivity contribution >= 4 is 40.7 Å². The highest BCUT2D eigenvalue weighted by atomic mass is 16.1. The summed E-state index contributed by atoms with van der Waals surface area (Å²) in [6, 6.07) is 7.59. The zero-order chi connectivity index (χ0) is 30.0. The summed E-state index contributed by atoms with van der Waals surface area (Å²) in [4.78, 5) is 31.9. The minimum absolute atomic E-state index is 0.118. The molecular weight excluding hydrogens is 530 g/mol. The summed E-state index contributed by atoms with van der Waals surface area (Å²) < 4.78 is 0. The van der Waals surface area contributed by atoms with Crippen molar-refractivity contribution in [3.8, 4) is 0 Å². The van der Waals surface area contributed by atoms with Gasteiger partial charge < -0.3 is 27.0 Å². The highest BCUT2D eigenvalue weighted by Crippen LogP contribution is 2.29. The van der Waals surface area contributed by atoms with E-state index < -0.39 is 0 Å². The van der Waals surface area contributed by atoms with Gasteiger partial charge >= 0.3 is 0 Å². The predicted molar refractivity (Wildman–Crippen MR) is 168 cm³/mol. The number of fused-ring (bicyclic) bond motifs is 1. The molecule has 2 fully saturated rings. The van der Waals surface area contributed by atoms with Crippen LogP contribution in [0.25, 0.3) is 0 Å². The van der Waals surface area contributed by atoms with Crippen LogP contribution in [0.3, 0.4) is 0 Å². The summed E-state index contributed by atoms with van der Waals surface area (Å²) in [7, 11) is 0. The van der Waals surface area contributed by atoms with Gasteiger partial charge in [0.2, 0.25) is 5.95 Å². The summed E-state index contributed by atoms with van der Waals surface area (Å²) >= 11 is 0. The number of aryl methyl sites for hydroxylation is 1. The monoisotopic (exact) mass is 571 g/mol. The molecule has 0 spiro atoms. The van der Waals surface area contributed by atoms with Gasteiger partial charge in [0.05, 0.1) is 5.69 Å². The van der Waals surface area contributed by atoms with Crippen LogP contribution in [0.5, 0.6) is 0 Å². The number of piperazine rings is 1. The number of nitrogen functional groups attached to an aromatic ring is 1. The average Bonchev–Trinajstić information content (AvgIpc) is 3.44. The Morgan fingerprint density at radius 2 is 2.00 bits per heavy atom. The third-order valence-corrected chi connectivity index (χ3v) is 7.87. The molecule has 2 aliphatic rings. The summed E-state index contributed by atoms with van der Waals surface area (Å²) in [5.74, 6) is 1.08. The fourth-order valence-corrected chi connectivity index (χ4v) is 5.39. The quantitative estimate of drug-likeness (QED) is 0.209. The normalized spacial score (nSPS) is 18.0. The molecule has 5 rings (SSSR count). The van der Waals surface area contributed by atoms with Crippen LogP contribution in [-0.2, 0) is 5.41 Å². The Morgan fingerprint density at radius 1 is 1.19 bits per heavy atom. The predicted octanol–water partition coefficient (Wildman–Crippen LogP) is 3.91. The van der Waals surface area contributed by atoms with E-state index in [9.17, 15) is 4.79 Å². The van der Waals surface area contributed by atoms with Crippen LogP contribution < -0.4 is 27.0 Å². The molecule has 0 bridgehead atoms. The van der Waals surface area contributed by atoms with E-state index in [1.54, 1.807) is 12.1 Å². The van der Waals surface area contributed by atoms with Crippen molar-refractivity contribution in [2.75, 3.05) is 47.4 Å². The molecule has 3 aromatic rings. The maximum atomic E-state index is 13.1. The third kappa shape index (κ3) is 6.23. The maximum Gasteiger partial charge on any atom is 0.256 e. The average molecular weight is 572 g/mol. The van der Waals surface area contributed by atoms with Gasteiger partial charge in [-0.3, -0.25) is 14.8 Å². The number of aliphatic imine (C=N–C) groups is 1. The minimum atomic E-state index is -0.304. The lowest BCUT2D eigenvalue weighted by molar-refractivity contribution is 0.102. The molecule has 4 heterocycles. The van der Waals surface area contributed by atoms with Gasteiger partial charge in [0, 0.05) is 48.4 Å². The number of aromatic amines is 1. The van der Waals surface area contributed by atoms with Gasteiger partial charge in [0.1, 0.15) is 11.4 Å². The van der Waals surface area contributed by atoms with E-state index in [1.165, 1.54) is 25.5 Å². The van der Waals surface area contributed by atoms with E-state index >= 15 is 0 Å². The van der Waals surface area contributed by atoms with Crippen LogP contribution in [0.15, 0.2) is 42.0 Å². The van der Waals surface area contributed by atoms with Gasteiger partial charge in [0.15, 0.2) is 17.5 Å². The summed E-state index contributed by atoms with van der Waals surface area (Å²) in [5, 5.41) is 13.1. The number of rotatable bonds is 7. The highest BCUT2D eigenvalue weighted by Gasteiger charge is 2.31. The number of benzene rings is 1. The lowest BCUT2D eigenvalue weighted by Gasteiger charge is -2.44. The second kappa shape index (κ2) is 11.8. The van der Waals surface area contributed by atoms with Crippen molar-refractivity contribution in [1.29, 1.82) is 0 Å². The fourth-order valence-electron chi connectivity index (χ4n) is 5.39. The summed E-state index contributed by atoms with van der Waals surface area (Å²) in [6.07, 6.45) is 5.16. The minimum Gasteiger partial charge on any atom is -0.382 e. The molecule has 12 nitrogen and oxygen atoms in total. The van der Waals surface area contributed by atoms with E-state index in [0.29, 0.717) is 40.4 Å². The zero-order valence-electron chi connectivity index (χ0n) is 24.9. The maximum absolute atomic E-state index is 13.1. The van der Waals surface area contributed by atoms with E-state index in [2.05, 4.69) is 63.0 Å². The Bertz CT molecular complexity index is 1500. The largest absolute Gasteiger partial charge is 0.382 e. The number of nitrogens with zero attached hydrogens (tertiary/aromatic N) is 6. The number of nitrogens with one attached hydrogen (secondary N) is 3. The number of piperidine rings is 1. The lowest BCUT2D eigenvalue weighted by Crippen LogP contribution is -2.55. The van der Waals surface area contributed by atoms with Gasteiger partial charge in [0.25, 0.3) is 5.91 Å². The standard InChI is InChI=1S/C30H41N11O/c1-6-33-24-25(36-29(37-26(24)31)41-14-13-40-12-8-7-9-20(40)17-41)27(32)34-21-15-19(11-10-18(21)2)28(42)35-23-16-22(38-39-23)30(3,4)5/h6,10-11,15-16,20,33H,1,7-9,12-14,17H2,2-5H3,(H2,32,34)(H2,31,36,37)(H2,35,38,39,42). The molecule has 0 saturated carbocycles. The van der Waals surface area contributed by atoms with Gasteiger partial charge in [-0.2, -0.15) is 10.1 Å². The highest BCUT2D eigenvalue weighted by molar-refractivity contribution is 6.06. The Kier molecular flexibility index (Phi) is 8.17. The molecule has 1 aromatic carbocycles. The number of amides is 1. The number of carbonyl (C=O) groups excluding carboxylic acids is 1. The first kappa shape index (κ1) is 29.1. The molecule has 2 saturated heterocycles.